The molecule has 0 atom stereocenters. The van der Waals surface area contributed by atoms with E-state index >= 15 is 0 Å². The van der Waals surface area contributed by atoms with E-state index in [9.17, 15) is 0 Å². The molecule has 3 aromatic rings. The van der Waals surface area contributed by atoms with Crippen LogP contribution >= 0.6 is 11.3 Å². The minimum absolute atomic E-state index is 0.685. The molecular weight excluding hydrogens is 304 g/mol. The third kappa shape index (κ3) is 2.76. The van der Waals surface area contributed by atoms with E-state index in [-0.39, 0.29) is 0 Å². The smallest absolute Gasteiger partial charge is 0.183 e. The second kappa shape index (κ2) is 6.14. The molecule has 4 heteroatoms. The van der Waals surface area contributed by atoms with Crippen molar-refractivity contribution in [2.24, 2.45) is 0 Å². The lowest BCUT2D eigenvalue weighted by atomic mass is 10.0. The van der Waals surface area contributed by atoms with Crippen LogP contribution in [0.25, 0.3) is 22.4 Å². The van der Waals surface area contributed by atoms with Crippen LogP contribution in [0.4, 0.5) is 5.13 Å². The number of hydrogen-bond acceptors (Lipinski definition) is 4. The Balaban J connectivity index is 1.62. The molecule has 1 heterocycles. The highest BCUT2D eigenvalue weighted by atomic mass is 32.1. The van der Waals surface area contributed by atoms with Crippen molar-refractivity contribution in [2.75, 3.05) is 25.6 Å². The summed E-state index contributed by atoms with van der Waals surface area (Å²) in [6.07, 6.45) is 1.03. The fourth-order valence-electron chi connectivity index (χ4n) is 3.03. The first kappa shape index (κ1) is 14.4. The number of thiazole rings is 1. The van der Waals surface area contributed by atoms with Gasteiger partial charge in [0, 0.05) is 24.6 Å². The average Bonchev–Trinajstić information content (AvgIpc) is 3.19. The molecule has 3 nitrogen and oxygen atoms in total. The van der Waals surface area contributed by atoms with Gasteiger partial charge >= 0.3 is 0 Å². The van der Waals surface area contributed by atoms with Gasteiger partial charge in [0.15, 0.2) is 5.13 Å². The van der Waals surface area contributed by atoms with Crippen LogP contribution in [0, 0.1) is 0 Å². The van der Waals surface area contributed by atoms with E-state index in [0.29, 0.717) is 6.61 Å². The van der Waals surface area contributed by atoms with Gasteiger partial charge in [-0.15, -0.1) is 11.3 Å². The third-order valence-corrected chi connectivity index (χ3v) is 4.98. The van der Waals surface area contributed by atoms with Crippen LogP contribution in [0.3, 0.4) is 0 Å². The largest absolute Gasteiger partial charge is 0.383 e. The average molecular weight is 322 g/mol. The number of ether oxygens (including phenoxy) is 1. The molecule has 116 valence electrons. The normalized spacial score (nSPS) is 12.0. The Bertz CT molecular complexity index is 841. The zero-order chi connectivity index (χ0) is 15.6. The molecule has 4 rings (SSSR count). The molecular formula is C19H18N2OS. The first-order chi connectivity index (χ1) is 11.3. The van der Waals surface area contributed by atoms with Crippen LogP contribution in [0.2, 0.25) is 0 Å². The number of nitrogens with one attached hydrogen (secondary N) is 1. The van der Waals surface area contributed by atoms with Gasteiger partial charge in [-0.1, -0.05) is 36.4 Å². The van der Waals surface area contributed by atoms with Crippen molar-refractivity contribution in [1.82, 2.24) is 4.98 Å². The van der Waals surface area contributed by atoms with Crippen molar-refractivity contribution in [1.29, 1.82) is 0 Å². The summed E-state index contributed by atoms with van der Waals surface area (Å²) in [7, 11) is 1.71. The van der Waals surface area contributed by atoms with Gasteiger partial charge in [0.2, 0.25) is 0 Å². The van der Waals surface area contributed by atoms with Crippen molar-refractivity contribution in [2.45, 2.75) is 6.42 Å². The minimum Gasteiger partial charge on any atom is -0.383 e. The summed E-state index contributed by atoms with van der Waals surface area (Å²) in [6.45, 7) is 1.46. The first-order valence-electron chi connectivity index (χ1n) is 7.75. The number of rotatable bonds is 5. The summed E-state index contributed by atoms with van der Waals surface area (Å²) in [5.41, 5.74) is 7.74. The Hall–Kier alpha value is -2.17. The lowest BCUT2D eigenvalue weighted by Crippen LogP contribution is -2.06. The van der Waals surface area contributed by atoms with E-state index < -0.39 is 0 Å². The number of nitrogens with zero attached hydrogens (tertiary/aromatic N) is 1. The molecule has 0 bridgehead atoms. The summed E-state index contributed by atoms with van der Waals surface area (Å²) in [4.78, 5) is 4.69. The number of anilines is 1. The maximum atomic E-state index is 5.05. The topological polar surface area (TPSA) is 34.1 Å². The molecule has 1 aliphatic rings. The predicted octanol–water partition coefficient (Wildman–Crippen LogP) is 4.44. The van der Waals surface area contributed by atoms with Gasteiger partial charge in [0.05, 0.1) is 12.3 Å². The molecule has 0 amide bonds. The molecule has 0 saturated heterocycles. The van der Waals surface area contributed by atoms with Crippen molar-refractivity contribution in [3.63, 3.8) is 0 Å². The second-order valence-electron chi connectivity index (χ2n) is 5.66. The van der Waals surface area contributed by atoms with Crippen LogP contribution in [-0.2, 0) is 11.2 Å². The van der Waals surface area contributed by atoms with Crippen molar-refractivity contribution < 1.29 is 4.74 Å². The molecule has 0 fully saturated rings. The summed E-state index contributed by atoms with van der Waals surface area (Å²) < 4.78 is 5.05. The summed E-state index contributed by atoms with van der Waals surface area (Å²) >= 11 is 1.64. The molecule has 1 N–H and O–H groups in total. The highest BCUT2D eigenvalue weighted by Gasteiger charge is 2.18. The SMILES string of the molecule is COCCNc1nc(-c2ccc3c(c2)-c2ccccc2C3)cs1. The molecule has 0 aliphatic heterocycles. The number of methoxy groups -OCH3 is 1. The van der Waals surface area contributed by atoms with Gasteiger partial charge in [-0.05, 0) is 34.7 Å². The highest BCUT2D eigenvalue weighted by molar-refractivity contribution is 7.14. The standard InChI is InChI=1S/C19H18N2OS/c1-22-9-8-20-19-21-18(12-23-19)15-7-6-14-10-13-4-2-3-5-16(13)17(14)11-15/h2-7,11-12H,8-10H2,1H3,(H,20,21). The third-order valence-electron chi connectivity index (χ3n) is 4.18. The van der Waals surface area contributed by atoms with Gasteiger partial charge in [-0.25, -0.2) is 4.98 Å². The Morgan fingerprint density at radius 1 is 1.13 bits per heavy atom. The maximum absolute atomic E-state index is 5.05. The summed E-state index contributed by atoms with van der Waals surface area (Å²) in [6, 6.07) is 15.3. The number of benzene rings is 2. The Morgan fingerprint density at radius 3 is 2.91 bits per heavy atom. The van der Waals surface area contributed by atoms with E-state index in [1.807, 2.05) is 0 Å². The van der Waals surface area contributed by atoms with Crippen LogP contribution in [0.5, 0.6) is 0 Å². The number of fused-ring (bicyclic) bond motifs is 3. The molecule has 2 aromatic carbocycles. The molecule has 23 heavy (non-hydrogen) atoms. The molecule has 1 aromatic heterocycles. The molecule has 0 radical (unpaired) electrons. The monoisotopic (exact) mass is 322 g/mol. The van der Waals surface area contributed by atoms with Crippen molar-refractivity contribution in [3.05, 3.63) is 59.0 Å². The summed E-state index contributed by atoms with van der Waals surface area (Å²) in [5, 5.41) is 6.34. The first-order valence-corrected chi connectivity index (χ1v) is 8.63. The van der Waals surface area contributed by atoms with E-state index in [4.69, 9.17) is 4.74 Å². The fraction of sp³-hybridized carbons (Fsp3) is 0.211. The molecule has 0 saturated carbocycles. The lowest BCUT2D eigenvalue weighted by molar-refractivity contribution is 0.211. The zero-order valence-corrected chi connectivity index (χ0v) is 13.8. The number of aromatic nitrogens is 1. The van der Waals surface area contributed by atoms with Crippen LogP contribution in [0.1, 0.15) is 11.1 Å². The van der Waals surface area contributed by atoms with Crippen molar-refractivity contribution in [3.8, 4) is 22.4 Å². The second-order valence-corrected chi connectivity index (χ2v) is 6.52. The maximum Gasteiger partial charge on any atom is 0.183 e. The van der Waals surface area contributed by atoms with Gasteiger partial charge in [0.25, 0.3) is 0 Å². The lowest BCUT2D eigenvalue weighted by Gasteiger charge is -2.04. The van der Waals surface area contributed by atoms with Gasteiger partial charge in [-0.2, -0.15) is 0 Å². The minimum atomic E-state index is 0.685. The quantitative estimate of drug-likeness (QED) is 0.552. The van der Waals surface area contributed by atoms with E-state index in [1.165, 1.54) is 27.8 Å². The Kier molecular flexibility index (Phi) is 3.85. The molecule has 1 aliphatic carbocycles. The van der Waals surface area contributed by atoms with E-state index in [0.717, 1.165) is 23.8 Å². The molecule has 0 spiro atoms. The van der Waals surface area contributed by atoms with Crippen molar-refractivity contribution >= 4 is 16.5 Å². The van der Waals surface area contributed by atoms with E-state index in [2.05, 4.69) is 58.1 Å². The van der Waals surface area contributed by atoms with Crippen LogP contribution < -0.4 is 5.32 Å². The predicted molar refractivity (Wildman–Crippen MR) is 96.2 cm³/mol. The number of hydrogen-bond donors (Lipinski definition) is 1. The molecule has 0 unspecified atom stereocenters. The Morgan fingerprint density at radius 2 is 2.00 bits per heavy atom. The van der Waals surface area contributed by atoms with E-state index in [1.54, 1.807) is 18.4 Å². The highest BCUT2D eigenvalue weighted by Crippen LogP contribution is 2.39. The van der Waals surface area contributed by atoms with Gasteiger partial charge < -0.3 is 10.1 Å². The fourth-order valence-corrected chi connectivity index (χ4v) is 3.78. The Labute approximate surface area is 140 Å². The van der Waals surface area contributed by atoms with Gasteiger partial charge in [0.1, 0.15) is 0 Å². The zero-order valence-electron chi connectivity index (χ0n) is 13.0. The van der Waals surface area contributed by atoms with Gasteiger partial charge in [-0.3, -0.25) is 0 Å². The van der Waals surface area contributed by atoms with Crippen LogP contribution in [-0.4, -0.2) is 25.2 Å². The summed E-state index contributed by atoms with van der Waals surface area (Å²) in [5.74, 6) is 0. The van der Waals surface area contributed by atoms with Crippen LogP contribution in [0.15, 0.2) is 47.8 Å².